The number of carbonyl (C=O) groups excluding carboxylic acids is 3. The first-order chi connectivity index (χ1) is 14.3. The molecule has 8 heteroatoms. The minimum atomic E-state index is -0.473. The molecule has 1 fully saturated rings. The molecule has 2 aromatic rings. The maximum atomic E-state index is 13.1. The van der Waals surface area contributed by atoms with E-state index in [0.717, 1.165) is 23.4 Å². The number of hydrogen-bond acceptors (Lipinski definition) is 3. The number of rotatable bonds is 4. The van der Waals surface area contributed by atoms with Gasteiger partial charge in [0.2, 0.25) is 17.7 Å². The lowest BCUT2D eigenvalue weighted by molar-refractivity contribution is -0.126. The predicted octanol–water partition coefficient (Wildman–Crippen LogP) is 3.06. The fourth-order valence-electron chi connectivity index (χ4n) is 4.01. The van der Waals surface area contributed by atoms with Crippen molar-refractivity contribution in [1.82, 2.24) is 5.32 Å². The number of nitrogens with one attached hydrogen (secondary N) is 1. The van der Waals surface area contributed by atoms with Crippen LogP contribution < -0.4 is 15.1 Å². The standard InChI is InChI=1S/C22H21ClFN3O3/c1-13(28)26-7-6-14-8-18(4-5-20(14)26)27-12-16(9-21(27)29)22(30)25-11-15-2-3-17(24)10-19(15)23/h2-5,8,10,16H,6-7,9,11-12H2,1H3,(H,25,30). The Morgan fingerprint density at radius 2 is 2.03 bits per heavy atom. The van der Waals surface area contributed by atoms with Gasteiger partial charge in [-0.3, -0.25) is 14.4 Å². The highest BCUT2D eigenvalue weighted by Crippen LogP contribution is 2.34. The Labute approximate surface area is 178 Å². The van der Waals surface area contributed by atoms with E-state index in [1.807, 2.05) is 18.2 Å². The smallest absolute Gasteiger partial charge is 0.227 e. The van der Waals surface area contributed by atoms with E-state index in [0.29, 0.717) is 12.1 Å². The first kappa shape index (κ1) is 20.3. The van der Waals surface area contributed by atoms with Gasteiger partial charge in [0, 0.05) is 49.4 Å². The van der Waals surface area contributed by atoms with Crippen LogP contribution in [-0.4, -0.2) is 30.8 Å². The molecule has 0 spiro atoms. The van der Waals surface area contributed by atoms with Gasteiger partial charge in [0.1, 0.15) is 5.82 Å². The van der Waals surface area contributed by atoms with Crippen LogP contribution in [0.4, 0.5) is 15.8 Å². The Kier molecular flexibility index (Phi) is 5.47. The van der Waals surface area contributed by atoms with Crippen LogP contribution in [0.5, 0.6) is 0 Å². The molecule has 0 aliphatic carbocycles. The van der Waals surface area contributed by atoms with Gasteiger partial charge >= 0.3 is 0 Å². The lowest BCUT2D eigenvalue weighted by Gasteiger charge is -2.19. The monoisotopic (exact) mass is 429 g/mol. The second-order valence-corrected chi connectivity index (χ2v) is 8.00. The average molecular weight is 430 g/mol. The summed E-state index contributed by atoms with van der Waals surface area (Å²) in [5.74, 6) is -1.27. The van der Waals surface area contributed by atoms with Crippen LogP contribution in [0.2, 0.25) is 5.02 Å². The number of hydrogen-bond donors (Lipinski definition) is 1. The predicted molar refractivity (Wildman–Crippen MR) is 112 cm³/mol. The zero-order valence-electron chi connectivity index (χ0n) is 16.5. The summed E-state index contributed by atoms with van der Waals surface area (Å²) in [6.45, 7) is 2.63. The summed E-state index contributed by atoms with van der Waals surface area (Å²) < 4.78 is 13.1. The number of fused-ring (bicyclic) bond motifs is 1. The van der Waals surface area contributed by atoms with E-state index < -0.39 is 11.7 Å². The normalized spacial score (nSPS) is 18.0. The van der Waals surface area contributed by atoms with Gasteiger partial charge in [0.15, 0.2) is 0 Å². The fourth-order valence-corrected chi connectivity index (χ4v) is 4.24. The highest BCUT2D eigenvalue weighted by molar-refractivity contribution is 6.31. The highest BCUT2D eigenvalue weighted by atomic mass is 35.5. The van der Waals surface area contributed by atoms with E-state index in [2.05, 4.69) is 5.32 Å². The van der Waals surface area contributed by atoms with Crippen molar-refractivity contribution in [2.75, 3.05) is 22.9 Å². The van der Waals surface area contributed by atoms with Gasteiger partial charge in [-0.2, -0.15) is 0 Å². The van der Waals surface area contributed by atoms with Crippen LogP contribution in [0.1, 0.15) is 24.5 Å². The average Bonchev–Trinajstić information content (AvgIpc) is 3.30. The summed E-state index contributed by atoms with van der Waals surface area (Å²) in [7, 11) is 0. The Bertz CT molecular complexity index is 1040. The molecule has 2 aliphatic rings. The van der Waals surface area contributed by atoms with E-state index in [9.17, 15) is 18.8 Å². The van der Waals surface area contributed by atoms with Crippen molar-refractivity contribution in [3.8, 4) is 0 Å². The maximum Gasteiger partial charge on any atom is 0.227 e. The van der Waals surface area contributed by atoms with Crippen molar-refractivity contribution >= 4 is 40.7 Å². The molecule has 0 aromatic heterocycles. The van der Waals surface area contributed by atoms with Crippen molar-refractivity contribution in [2.45, 2.75) is 26.3 Å². The quantitative estimate of drug-likeness (QED) is 0.812. The third kappa shape index (κ3) is 3.89. The second-order valence-electron chi connectivity index (χ2n) is 7.59. The molecule has 2 heterocycles. The van der Waals surface area contributed by atoms with Gasteiger partial charge in [-0.15, -0.1) is 0 Å². The number of anilines is 2. The van der Waals surface area contributed by atoms with Gasteiger partial charge in [-0.1, -0.05) is 17.7 Å². The van der Waals surface area contributed by atoms with Gasteiger partial charge in [0.05, 0.1) is 5.92 Å². The molecule has 1 N–H and O–H groups in total. The second kappa shape index (κ2) is 8.07. The molecule has 3 amide bonds. The Balaban J connectivity index is 1.42. The molecule has 156 valence electrons. The van der Waals surface area contributed by atoms with Gasteiger partial charge in [0.25, 0.3) is 0 Å². The number of nitrogens with zero attached hydrogens (tertiary/aromatic N) is 2. The fraction of sp³-hybridized carbons (Fsp3) is 0.318. The van der Waals surface area contributed by atoms with Crippen molar-refractivity contribution in [3.63, 3.8) is 0 Å². The Morgan fingerprint density at radius 3 is 2.77 bits per heavy atom. The van der Waals surface area contributed by atoms with E-state index >= 15 is 0 Å². The van der Waals surface area contributed by atoms with E-state index in [1.54, 1.807) is 9.80 Å². The minimum absolute atomic E-state index is 0.00302. The van der Waals surface area contributed by atoms with Crippen LogP contribution in [0.25, 0.3) is 0 Å². The Morgan fingerprint density at radius 1 is 1.23 bits per heavy atom. The Hall–Kier alpha value is -2.93. The molecule has 4 rings (SSSR count). The minimum Gasteiger partial charge on any atom is -0.352 e. The van der Waals surface area contributed by atoms with Gasteiger partial charge < -0.3 is 15.1 Å². The van der Waals surface area contributed by atoms with E-state index in [-0.39, 0.29) is 42.3 Å². The molecule has 6 nitrogen and oxygen atoms in total. The zero-order valence-corrected chi connectivity index (χ0v) is 17.2. The third-order valence-corrected chi connectivity index (χ3v) is 5.97. The maximum absolute atomic E-state index is 13.1. The molecule has 0 radical (unpaired) electrons. The molecular formula is C22H21ClFN3O3. The molecule has 1 saturated heterocycles. The number of carbonyl (C=O) groups is 3. The van der Waals surface area contributed by atoms with Crippen molar-refractivity contribution in [3.05, 3.63) is 58.4 Å². The first-order valence-electron chi connectivity index (χ1n) is 9.76. The number of halogens is 2. The van der Waals surface area contributed by atoms with Gasteiger partial charge in [-0.25, -0.2) is 4.39 Å². The highest BCUT2D eigenvalue weighted by Gasteiger charge is 2.35. The summed E-state index contributed by atoms with van der Waals surface area (Å²) in [6, 6.07) is 9.61. The van der Waals surface area contributed by atoms with E-state index in [4.69, 9.17) is 11.6 Å². The lowest BCUT2D eigenvalue weighted by atomic mass is 10.1. The summed E-state index contributed by atoms with van der Waals surface area (Å²) in [6.07, 6.45) is 0.868. The number of benzene rings is 2. The summed E-state index contributed by atoms with van der Waals surface area (Å²) in [5, 5.41) is 3.03. The van der Waals surface area contributed by atoms with Crippen LogP contribution in [-0.2, 0) is 27.3 Å². The molecule has 0 bridgehead atoms. The lowest BCUT2D eigenvalue weighted by Crippen LogP contribution is -2.32. The summed E-state index contributed by atoms with van der Waals surface area (Å²) in [4.78, 5) is 40.2. The largest absolute Gasteiger partial charge is 0.352 e. The summed E-state index contributed by atoms with van der Waals surface area (Å²) in [5.41, 5.74) is 3.25. The molecule has 1 unspecified atom stereocenters. The third-order valence-electron chi connectivity index (χ3n) is 5.61. The van der Waals surface area contributed by atoms with Crippen molar-refractivity contribution < 1.29 is 18.8 Å². The number of amides is 3. The van der Waals surface area contributed by atoms with Crippen molar-refractivity contribution in [2.24, 2.45) is 5.92 Å². The van der Waals surface area contributed by atoms with Gasteiger partial charge in [-0.05, 0) is 47.9 Å². The topological polar surface area (TPSA) is 69.7 Å². The van der Waals surface area contributed by atoms with Crippen LogP contribution in [0.3, 0.4) is 0 Å². The molecule has 1 atom stereocenters. The molecular weight excluding hydrogens is 409 g/mol. The van der Waals surface area contributed by atoms with Crippen LogP contribution in [0.15, 0.2) is 36.4 Å². The first-order valence-corrected chi connectivity index (χ1v) is 10.1. The molecule has 2 aromatic carbocycles. The molecule has 2 aliphatic heterocycles. The SMILES string of the molecule is CC(=O)N1CCc2cc(N3CC(C(=O)NCc4ccc(F)cc4Cl)CC3=O)ccc21. The zero-order chi connectivity index (χ0) is 21.4. The summed E-state index contributed by atoms with van der Waals surface area (Å²) >= 11 is 6.00. The van der Waals surface area contributed by atoms with Crippen LogP contribution in [0, 0.1) is 11.7 Å². The van der Waals surface area contributed by atoms with E-state index in [1.165, 1.54) is 25.1 Å². The molecule has 30 heavy (non-hydrogen) atoms. The molecule has 0 saturated carbocycles. The van der Waals surface area contributed by atoms with Crippen LogP contribution >= 0.6 is 11.6 Å². The van der Waals surface area contributed by atoms with Crippen molar-refractivity contribution in [1.29, 1.82) is 0 Å².